The van der Waals surface area contributed by atoms with Gasteiger partial charge >= 0.3 is 0 Å². The van der Waals surface area contributed by atoms with Crippen molar-refractivity contribution in [2.45, 2.75) is 77.3 Å². The van der Waals surface area contributed by atoms with Gasteiger partial charge in [0.05, 0.1) is 25.2 Å². The van der Waals surface area contributed by atoms with Crippen molar-refractivity contribution < 1.29 is 19.1 Å². The molecule has 3 aliphatic heterocycles. The Labute approximate surface area is 232 Å². The Morgan fingerprint density at radius 1 is 1.00 bits per heavy atom. The molecular weight excluding hydrogens is 490 g/mol. The zero-order valence-electron chi connectivity index (χ0n) is 23.7. The normalized spacial score (nSPS) is 22.5. The van der Waals surface area contributed by atoms with E-state index in [1.165, 1.54) is 25.7 Å². The van der Waals surface area contributed by atoms with Gasteiger partial charge in [0, 0.05) is 31.2 Å². The topological polar surface area (TPSA) is 71.1 Å². The summed E-state index contributed by atoms with van der Waals surface area (Å²) in [6.07, 6.45) is 6.69. The van der Waals surface area contributed by atoms with Gasteiger partial charge in [0.1, 0.15) is 0 Å². The molecule has 3 heterocycles. The van der Waals surface area contributed by atoms with Crippen molar-refractivity contribution in [3.05, 3.63) is 58.7 Å². The highest BCUT2D eigenvalue weighted by molar-refractivity contribution is 6.01. The number of ether oxygens (including phenoxy) is 2. The van der Waals surface area contributed by atoms with E-state index in [2.05, 4.69) is 17.1 Å². The van der Waals surface area contributed by atoms with Gasteiger partial charge < -0.3 is 24.6 Å². The summed E-state index contributed by atoms with van der Waals surface area (Å²) in [5.74, 6) is 0.877. The van der Waals surface area contributed by atoms with Crippen LogP contribution in [0, 0.1) is 0 Å². The Kier molecular flexibility index (Phi) is 8.75. The van der Waals surface area contributed by atoms with Crippen LogP contribution in [-0.4, -0.2) is 67.0 Å². The number of benzene rings is 2. The molecule has 39 heavy (non-hydrogen) atoms. The maximum atomic E-state index is 14.0. The van der Waals surface area contributed by atoms with E-state index in [0.29, 0.717) is 43.7 Å². The fraction of sp³-hybridized carbons (Fsp3) is 0.562. The maximum absolute atomic E-state index is 14.0. The van der Waals surface area contributed by atoms with Crippen LogP contribution in [0.25, 0.3) is 0 Å². The lowest BCUT2D eigenvalue weighted by Crippen LogP contribution is -2.50. The Balaban J connectivity index is 1.42. The van der Waals surface area contributed by atoms with Crippen molar-refractivity contribution in [1.82, 2.24) is 15.1 Å². The highest BCUT2D eigenvalue weighted by atomic mass is 16.5. The molecular formula is C32H43N3O4. The van der Waals surface area contributed by atoms with Gasteiger partial charge in [0.2, 0.25) is 5.91 Å². The second kappa shape index (κ2) is 12.4. The SMILES string of the molecule is CCOc1cc2c(cc1OCC)[C@@H]1[C@H](C(=O)NCCCN3CCCC[C@H]3CC)c3ccccc3C(=O)N1CC2. The van der Waals surface area contributed by atoms with Crippen molar-refractivity contribution in [3.8, 4) is 11.5 Å². The van der Waals surface area contributed by atoms with E-state index in [1.807, 2.05) is 55.1 Å². The summed E-state index contributed by atoms with van der Waals surface area (Å²) in [5.41, 5.74) is 3.54. The number of hydrogen-bond acceptors (Lipinski definition) is 5. The highest BCUT2D eigenvalue weighted by Gasteiger charge is 2.46. The van der Waals surface area contributed by atoms with E-state index in [1.54, 1.807) is 0 Å². The smallest absolute Gasteiger partial charge is 0.254 e. The number of likely N-dealkylation sites (tertiary alicyclic amines) is 1. The van der Waals surface area contributed by atoms with E-state index in [0.717, 1.165) is 48.4 Å². The molecule has 3 atom stereocenters. The van der Waals surface area contributed by atoms with Crippen molar-refractivity contribution in [3.63, 3.8) is 0 Å². The van der Waals surface area contributed by atoms with Crippen LogP contribution in [0.15, 0.2) is 36.4 Å². The van der Waals surface area contributed by atoms with Crippen molar-refractivity contribution in [2.24, 2.45) is 0 Å². The van der Waals surface area contributed by atoms with Crippen LogP contribution in [0.3, 0.4) is 0 Å². The molecule has 2 aromatic carbocycles. The molecule has 0 radical (unpaired) electrons. The summed E-state index contributed by atoms with van der Waals surface area (Å²) < 4.78 is 11.8. The number of fused-ring (bicyclic) bond motifs is 4. The molecule has 5 rings (SSSR count). The first-order chi connectivity index (χ1) is 19.1. The minimum Gasteiger partial charge on any atom is -0.490 e. The molecule has 0 bridgehead atoms. The summed E-state index contributed by atoms with van der Waals surface area (Å²) in [7, 11) is 0. The molecule has 0 aliphatic carbocycles. The van der Waals surface area contributed by atoms with Gasteiger partial charge in [-0.05, 0) is 87.4 Å². The van der Waals surface area contributed by atoms with E-state index >= 15 is 0 Å². The monoisotopic (exact) mass is 533 g/mol. The number of piperidine rings is 1. The number of rotatable bonds is 10. The second-order valence-electron chi connectivity index (χ2n) is 10.9. The Bertz CT molecular complexity index is 1180. The van der Waals surface area contributed by atoms with Gasteiger partial charge in [0.15, 0.2) is 11.5 Å². The van der Waals surface area contributed by atoms with Gasteiger partial charge in [-0.2, -0.15) is 0 Å². The van der Waals surface area contributed by atoms with Crippen molar-refractivity contribution in [2.75, 3.05) is 39.4 Å². The third-order valence-electron chi connectivity index (χ3n) is 8.61. The lowest BCUT2D eigenvalue weighted by Gasteiger charge is -2.45. The lowest BCUT2D eigenvalue weighted by molar-refractivity contribution is -0.124. The van der Waals surface area contributed by atoms with Crippen molar-refractivity contribution in [1.29, 1.82) is 0 Å². The van der Waals surface area contributed by atoms with Crippen LogP contribution in [0.2, 0.25) is 0 Å². The third kappa shape index (κ3) is 5.51. The van der Waals surface area contributed by atoms with Gasteiger partial charge in [-0.25, -0.2) is 0 Å². The second-order valence-corrected chi connectivity index (χ2v) is 10.9. The fourth-order valence-electron chi connectivity index (χ4n) is 6.77. The zero-order chi connectivity index (χ0) is 27.4. The van der Waals surface area contributed by atoms with E-state index in [-0.39, 0.29) is 17.9 Å². The molecule has 0 saturated carbocycles. The molecule has 3 aliphatic rings. The summed E-state index contributed by atoms with van der Waals surface area (Å²) in [4.78, 5) is 32.1. The number of carbonyl (C=O) groups excluding carboxylic acids is 2. The number of nitrogens with zero attached hydrogens (tertiary/aromatic N) is 2. The largest absolute Gasteiger partial charge is 0.490 e. The first kappa shape index (κ1) is 27.5. The molecule has 1 fully saturated rings. The van der Waals surface area contributed by atoms with Gasteiger partial charge in [-0.3, -0.25) is 9.59 Å². The van der Waals surface area contributed by atoms with Crippen LogP contribution >= 0.6 is 0 Å². The van der Waals surface area contributed by atoms with Gasteiger partial charge in [0.25, 0.3) is 5.91 Å². The Morgan fingerprint density at radius 2 is 1.77 bits per heavy atom. The molecule has 1 saturated heterocycles. The standard InChI is InChI=1S/C32H43N3O4/c1-4-23-12-9-10-17-34(23)18-11-16-33-31(36)29-24-13-7-8-14-25(24)32(37)35-19-15-22-20-27(38-5-2)28(39-6-3)21-26(22)30(29)35/h7-8,13-14,20-21,23,29-30H,4-6,9-12,15-19H2,1-3H3,(H,33,36)/t23-,29-,30-/m1/s1. The summed E-state index contributed by atoms with van der Waals surface area (Å²) >= 11 is 0. The molecule has 7 nitrogen and oxygen atoms in total. The summed E-state index contributed by atoms with van der Waals surface area (Å²) in [5, 5.41) is 3.26. The van der Waals surface area contributed by atoms with Crippen LogP contribution in [0.4, 0.5) is 0 Å². The quantitative estimate of drug-likeness (QED) is 0.431. The number of nitrogens with one attached hydrogen (secondary N) is 1. The van der Waals surface area contributed by atoms with Crippen molar-refractivity contribution >= 4 is 11.8 Å². The van der Waals surface area contributed by atoms with E-state index < -0.39 is 5.92 Å². The third-order valence-corrected chi connectivity index (χ3v) is 8.61. The first-order valence-corrected chi connectivity index (χ1v) is 14.9. The molecule has 0 unspecified atom stereocenters. The predicted octanol–water partition coefficient (Wildman–Crippen LogP) is 5.09. The predicted molar refractivity (Wildman–Crippen MR) is 153 cm³/mol. The fourth-order valence-corrected chi connectivity index (χ4v) is 6.77. The highest BCUT2D eigenvalue weighted by Crippen LogP contribution is 2.48. The minimum atomic E-state index is -0.483. The Morgan fingerprint density at radius 3 is 2.54 bits per heavy atom. The lowest BCUT2D eigenvalue weighted by atomic mass is 9.75. The zero-order valence-corrected chi connectivity index (χ0v) is 23.7. The summed E-state index contributed by atoms with van der Waals surface area (Å²) in [6.45, 7) is 10.6. The number of amides is 2. The first-order valence-electron chi connectivity index (χ1n) is 14.9. The Hall–Kier alpha value is -3.06. The van der Waals surface area contributed by atoms with Gasteiger partial charge in [-0.15, -0.1) is 0 Å². The van der Waals surface area contributed by atoms with Gasteiger partial charge in [-0.1, -0.05) is 31.5 Å². The number of hydrogen-bond donors (Lipinski definition) is 1. The average molecular weight is 534 g/mol. The van der Waals surface area contributed by atoms with Crippen LogP contribution in [-0.2, 0) is 11.2 Å². The molecule has 0 spiro atoms. The summed E-state index contributed by atoms with van der Waals surface area (Å²) in [6, 6.07) is 11.9. The van der Waals surface area contributed by atoms with Crippen LogP contribution < -0.4 is 14.8 Å². The molecule has 0 aromatic heterocycles. The van der Waals surface area contributed by atoms with E-state index in [4.69, 9.17) is 9.47 Å². The number of carbonyl (C=O) groups is 2. The average Bonchev–Trinajstić information content (AvgIpc) is 2.96. The molecule has 1 N–H and O–H groups in total. The molecule has 2 amide bonds. The molecule has 2 aromatic rings. The minimum absolute atomic E-state index is 0.00662. The van der Waals surface area contributed by atoms with E-state index in [9.17, 15) is 9.59 Å². The maximum Gasteiger partial charge on any atom is 0.254 e. The van der Waals surface area contributed by atoms with Crippen LogP contribution in [0.5, 0.6) is 11.5 Å². The van der Waals surface area contributed by atoms with Crippen LogP contribution in [0.1, 0.15) is 91.9 Å². The molecule has 210 valence electrons. The molecule has 7 heteroatoms.